The van der Waals surface area contributed by atoms with E-state index in [1.165, 1.54) is 6.42 Å². The number of halogens is 2. The zero-order valence-electron chi connectivity index (χ0n) is 17.1. The largest absolute Gasteiger partial charge is 0.343 e. The Balaban J connectivity index is 1.64. The van der Waals surface area contributed by atoms with Crippen molar-refractivity contribution in [2.45, 2.75) is 64.3 Å². The van der Waals surface area contributed by atoms with Gasteiger partial charge in [0.15, 0.2) is 0 Å². The summed E-state index contributed by atoms with van der Waals surface area (Å²) in [6.07, 6.45) is 7.88. The van der Waals surface area contributed by atoms with Crippen LogP contribution in [-0.4, -0.2) is 47.4 Å². The lowest BCUT2D eigenvalue weighted by atomic mass is 9.94. The third kappa shape index (κ3) is 6.02. The van der Waals surface area contributed by atoms with E-state index in [2.05, 4.69) is 12.2 Å². The minimum absolute atomic E-state index is 0.145. The average Bonchev–Trinajstić information content (AvgIpc) is 2.73. The summed E-state index contributed by atoms with van der Waals surface area (Å²) >= 11 is 12.3. The van der Waals surface area contributed by atoms with Crippen molar-refractivity contribution in [1.82, 2.24) is 9.80 Å². The highest BCUT2D eigenvalue weighted by molar-refractivity contribution is 6.43. The van der Waals surface area contributed by atoms with E-state index in [1.54, 1.807) is 18.2 Å². The van der Waals surface area contributed by atoms with E-state index in [9.17, 15) is 9.59 Å². The maximum absolute atomic E-state index is 13.1. The van der Waals surface area contributed by atoms with Crippen molar-refractivity contribution in [3.63, 3.8) is 0 Å². The van der Waals surface area contributed by atoms with E-state index < -0.39 is 0 Å². The molecule has 0 unspecified atom stereocenters. The molecule has 1 aromatic carbocycles. The molecule has 5 nitrogen and oxygen atoms in total. The van der Waals surface area contributed by atoms with Crippen LogP contribution in [0.2, 0.25) is 10.0 Å². The van der Waals surface area contributed by atoms with Crippen LogP contribution >= 0.6 is 23.2 Å². The lowest BCUT2D eigenvalue weighted by molar-refractivity contribution is -0.132. The number of nitrogens with one attached hydrogen (secondary N) is 1. The first kappa shape index (κ1) is 22.2. The predicted molar refractivity (Wildman–Crippen MR) is 119 cm³/mol. The van der Waals surface area contributed by atoms with Gasteiger partial charge in [0.1, 0.15) is 0 Å². The molecule has 0 atom stereocenters. The molecule has 3 amide bonds. The molecule has 0 radical (unpaired) electrons. The quantitative estimate of drug-likeness (QED) is 0.628. The van der Waals surface area contributed by atoms with Gasteiger partial charge in [-0.3, -0.25) is 4.79 Å². The number of carbonyl (C=O) groups excluding carboxylic acids is 2. The molecule has 0 bridgehead atoms. The van der Waals surface area contributed by atoms with Crippen molar-refractivity contribution in [2.75, 3.05) is 25.0 Å². The number of benzene rings is 1. The first-order valence-corrected chi connectivity index (χ1v) is 11.5. The highest BCUT2D eigenvalue weighted by Crippen LogP contribution is 2.30. The van der Waals surface area contributed by atoms with Crippen molar-refractivity contribution >= 4 is 40.8 Å². The Morgan fingerprint density at radius 1 is 1.10 bits per heavy atom. The third-order valence-electron chi connectivity index (χ3n) is 6.17. The number of urea groups is 1. The summed E-state index contributed by atoms with van der Waals surface area (Å²) in [5, 5.41) is 3.65. The summed E-state index contributed by atoms with van der Waals surface area (Å²) < 4.78 is 0. The van der Waals surface area contributed by atoms with Gasteiger partial charge in [-0.1, -0.05) is 55.5 Å². The SMILES string of the molecule is CC1CCN(C(=O)CCN(C(=O)Nc2cccc(Cl)c2Cl)C2CCCCC2)CC1. The monoisotopic (exact) mass is 439 g/mol. The van der Waals surface area contributed by atoms with Gasteiger partial charge >= 0.3 is 6.03 Å². The second-order valence-corrected chi connectivity index (χ2v) is 9.12. The number of piperidine rings is 1. The number of amides is 3. The van der Waals surface area contributed by atoms with E-state index in [1.807, 2.05) is 9.80 Å². The van der Waals surface area contributed by atoms with Gasteiger partial charge in [-0.25, -0.2) is 4.79 Å². The molecule has 29 heavy (non-hydrogen) atoms. The molecule has 1 heterocycles. The highest BCUT2D eigenvalue weighted by Gasteiger charge is 2.28. The van der Waals surface area contributed by atoms with Gasteiger partial charge in [0, 0.05) is 32.1 Å². The summed E-state index contributed by atoms with van der Waals surface area (Å²) in [4.78, 5) is 29.6. The van der Waals surface area contributed by atoms with E-state index in [0.29, 0.717) is 34.6 Å². The molecule has 1 aliphatic carbocycles. The normalized spacial score (nSPS) is 18.5. The fraction of sp³-hybridized carbons (Fsp3) is 0.636. The lowest BCUT2D eigenvalue weighted by Gasteiger charge is -2.35. The molecule has 1 aliphatic heterocycles. The molecule has 1 saturated heterocycles. The number of hydrogen-bond acceptors (Lipinski definition) is 2. The Labute approximate surface area is 183 Å². The number of nitrogens with zero attached hydrogens (tertiary/aromatic N) is 2. The van der Waals surface area contributed by atoms with Gasteiger partial charge in [-0.2, -0.15) is 0 Å². The zero-order valence-corrected chi connectivity index (χ0v) is 18.6. The van der Waals surface area contributed by atoms with E-state index in [0.717, 1.165) is 51.6 Å². The van der Waals surface area contributed by atoms with Crippen LogP contribution in [0.15, 0.2) is 18.2 Å². The first-order valence-electron chi connectivity index (χ1n) is 10.7. The summed E-state index contributed by atoms with van der Waals surface area (Å²) in [5.74, 6) is 0.831. The summed E-state index contributed by atoms with van der Waals surface area (Å²) in [6.45, 7) is 4.32. The summed E-state index contributed by atoms with van der Waals surface area (Å²) in [6, 6.07) is 5.15. The summed E-state index contributed by atoms with van der Waals surface area (Å²) in [7, 11) is 0. The van der Waals surface area contributed by atoms with Crippen LogP contribution in [0.1, 0.15) is 58.3 Å². The van der Waals surface area contributed by atoms with Crippen LogP contribution in [0.25, 0.3) is 0 Å². The molecule has 0 spiro atoms. The molecular formula is C22H31Cl2N3O2. The molecule has 2 fully saturated rings. The van der Waals surface area contributed by atoms with Gasteiger partial charge in [-0.05, 0) is 43.7 Å². The Hall–Kier alpha value is -1.46. The maximum atomic E-state index is 13.1. The summed E-state index contributed by atoms with van der Waals surface area (Å²) in [5.41, 5.74) is 0.501. The van der Waals surface area contributed by atoms with Crippen LogP contribution in [-0.2, 0) is 4.79 Å². The van der Waals surface area contributed by atoms with Crippen LogP contribution < -0.4 is 5.32 Å². The van der Waals surface area contributed by atoms with Gasteiger partial charge in [0.05, 0.1) is 15.7 Å². The highest BCUT2D eigenvalue weighted by atomic mass is 35.5. The molecule has 2 aliphatic rings. The average molecular weight is 440 g/mol. The van der Waals surface area contributed by atoms with Crippen LogP contribution in [0, 0.1) is 5.92 Å². The predicted octanol–water partition coefficient (Wildman–Crippen LogP) is 5.81. The van der Waals surface area contributed by atoms with Crippen LogP contribution in [0.3, 0.4) is 0 Å². The second kappa shape index (κ2) is 10.5. The Morgan fingerprint density at radius 2 is 1.79 bits per heavy atom. The Morgan fingerprint density at radius 3 is 2.48 bits per heavy atom. The molecule has 160 valence electrons. The molecule has 3 rings (SSSR count). The molecule has 1 N–H and O–H groups in total. The van der Waals surface area contributed by atoms with Crippen molar-refractivity contribution in [2.24, 2.45) is 5.92 Å². The van der Waals surface area contributed by atoms with Crippen molar-refractivity contribution < 1.29 is 9.59 Å². The van der Waals surface area contributed by atoms with Crippen molar-refractivity contribution in [3.8, 4) is 0 Å². The minimum atomic E-state index is -0.207. The number of rotatable bonds is 5. The fourth-order valence-electron chi connectivity index (χ4n) is 4.26. The second-order valence-electron chi connectivity index (χ2n) is 8.33. The molecule has 1 aromatic rings. The number of carbonyl (C=O) groups is 2. The third-order valence-corrected chi connectivity index (χ3v) is 6.99. The lowest BCUT2D eigenvalue weighted by Crippen LogP contribution is -2.46. The minimum Gasteiger partial charge on any atom is -0.343 e. The number of anilines is 1. The van der Waals surface area contributed by atoms with Gasteiger partial charge in [0.25, 0.3) is 0 Å². The standard InChI is InChI=1S/C22H31Cl2N3O2/c1-16-10-13-26(14-11-16)20(28)12-15-27(17-6-3-2-4-7-17)22(29)25-19-9-5-8-18(23)21(19)24/h5,8-9,16-17H,2-4,6-7,10-15H2,1H3,(H,25,29). The molecule has 0 aromatic heterocycles. The van der Waals surface area contributed by atoms with Crippen molar-refractivity contribution in [1.29, 1.82) is 0 Å². The number of likely N-dealkylation sites (tertiary alicyclic amines) is 1. The van der Waals surface area contributed by atoms with Gasteiger partial charge < -0.3 is 15.1 Å². The van der Waals surface area contributed by atoms with Crippen LogP contribution in [0.4, 0.5) is 10.5 Å². The fourth-order valence-corrected chi connectivity index (χ4v) is 4.61. The van der Waals surface area contributed by atoms with Gasteiger partial charge in [0.2, 0.25) is 5.91 Å². The Kier molecular flexibility index (Phi) is 8.07. The van der Waals surface area contributed by atoms with E-state index >= 15 is 0 Å². The Bertz CT molecular complexity index is 714. The van der Waals surface area contributed by atoms with Crippen molar-refractivity contribution in [3.05, 3.63) is 28.2 Å². The van der Waals surface area contributed by atoms with Crippen LogP contribution in [0.5, 0.6) is 0 Å². The maximum Gasteiger partial charge on any atom is 0.322 e. The number of hydrogen-bond donors (Lipinski definition) is 1. The first-order chi connectivity index (χ1) is 14.0. The molecular weight excluding hydrogens is 409 g/mol. The van der Waals surface area contributed by atoms with E-state index in [-0.39, 0.29) is 18.0 Å². The smallest absolute Gasteiger partial charge is 0.322 e. The van der Waals surface area contributed by atoms with Gasteiger partial charge in [-0.15, -0.1) is 0 Å². The zero-order chi connectivity index (χ0) is 20.8. The van der Waals surface area contributed by atoms with E-state index in [4.69, 9.17) is 23.2 Å². The molecule has 1 saturated carbocycles. The molecule has 7 heteroatoms. The topological polar surface area (TPSA) is 52.7 Å².